The summed E-state index contributed by atoms with van der Waals surface area (Å²) in [6, 6.07) is 18.7. The van der Waals surface area contributed by atoms with Gasteiger partial charge in [0, 0.05) is 42.7 Å². The number of fused-ring (bicyclic) bond motifs is 18. The van der Waals surface area contributed by atoms with Crippen LogP contribution in [0, 0.1) is 5.92 Å². The van der Waals surface area contributed by atoms with Gasteiger partial charge >= 0.3 is 12.1 Å². The molecule has 1 aromatic heterocycles. The van der Waals surface area contributed by atoms with Crippen LogP contribution in [0.4, 0.5) is 18.9 Å². The lowest BCUT2D eigenvalue weighted by Crippen LogP contribution is -2.57. The number of thiophene rings is 1. The van der Waals surface area contributed by atoms with Gasteiger partial charge in [-0.3, -0.25) is 28.8 Å². The number of carbonyl (C=O) groups excluding carboxylic acids is 5. The smallest absolute Gasteiger partial charge is 0.416 e. The number of anilines is 1. The van der Waals surface area contributed by atoms with Crippen molar-refractivity contribution in [3.05, 3.63) is 124 Å². The van der Waals surface area contributed by atoms with Crippen LogP contribution in [-0.4, -0.2) is 58.6 Å². The van der Waals surface area contributed by atoms with Crippen molar-refractivity contribution in [2.24, 2.45) is 5.92 Å². The van der Waals surface area contributed by atoms with E-state index < -0.39 is 77.6 Å². The Morgan fingerprint density at radius 3 is 1.89 bits per heavy atom. The summed E-state index contributed by atoms with van der Waals surface area (Å²) in [5.41, 5.74) is 0.970. The van der Waals surface area contributed by atoms with Crippen molar-refractivity contribution in [3.63, 3.8) is 0 Å². The summed E-state index contributed by atoms with van der Waals surface area (Å²) in [4.78, 5) is 81.0. The molecule has 0 unspecified atom stereocenters. The Morgan fingerprint density at radius 2 is 1.27 bits per heavy atom. The molecule has 55 heavy (non-hydrogen) atoms. The fraction of sp³-hybridized carbons (Fsp3) is 0.300. The number of carboxylic acid groups (broad SMARTS) is 1. The third-order valence-electron chi connectivity index (χ3n) is 9.07. The van der Waals surface area contributed by atoms with Crippen LogP contribution >= 0.6 is 11.3 Å². The quantitative estimate of drug-likeness (QED) is 0.167. The number of nitrogens with one attached hydrogen (secondary N) is 4. The van der Waals surface area contributed by atoms with Gasteiger partial charge in [-0.25, -0.2) is 0 Å². The maximum atomic E-state index is 14.2. The number of rotatable bonds is 7. The molecule has 3 aromatic carbocycles. The third-order valence-corrected chi connectivity index (χ3v) is 9.97. The molecule has 3 heterocycles. The number of ketones is 1. The zero-order valence-electron chi connectivity index (χ0n) is 29.4. The van der Waals surface area contributed by atoms with Gasteiger partial charge in [0.2, 0.25) is 23.6 Å². The highest BCUT2D eigenvalue weighted by Crippen LogP contribution is 2.29. The molecule has 15 heteroatoms. The molecule has 11 nitrogen and oxygen atoms in total. The van der Waals surface area contributed by atoms with Crippen molar-refractivity contribution in [1.29, 1.82) is 0 Å². The summed E-state index contributed by atoms with van der Waals surface area (Å²) in [6.07, 6.45) is -5.93. The lowest BCUT2D eigenvalue weighted by atomic mass is 9.90. The Bertz CT molecular complexity index is 1970. The van der Waals surface area contributed by atoms with Crippen LogP contribution in [0.1, 0.15) is 46.4 Å². The minimum atomic E-state index is -4.61. The zero-order valence-corrected chi connectivity index (χ0v) is 30.3. The molecule has 0 radical (unpaired) electrons. The number of carbonyl (C=O) groups is 6. The van der Waals surface area contributed by atoms with Crippen molar-refractivity contribution in [1.82, 2.24) is 16.0 Å². The molecule has 2 bridgehead atoms. The van der Waals surface area contributed by atoms with Crippen LogP contribution < -0.4 is 21.3 Å². The number of hydrogen-bond acceptors (Lipinski definition) is 7. The molecule has 0 spiro atoms. The van der Waals surface area contributed by atoms with Gasteiger partial charge < -0.3 is 26.4 Å². The van der Waals surface area contributed by atoms with Gasteiger partial charge in [-0.2, -0.15) is 13.2 Å². The van der Waals surface area contributed by atoms with Crippen molar-refractivity contribution in [2.75, 3.05) is 5.32 Å². The van der Waals surface area contributed by atoms with Gasteiger partial charge in [0.05, 0.1) is 17.5 Å². The number of alkyl halides is 3. The first kappa shape index (κ1) is 40.4. The zero-order chi connectivity index (χ0) is 39.5. The van der Waals surface area contributed by atoms with Crippen molar-refractivity contribution < 1.29 is 47.0 Å². The molecule has 0 saturated carbocycles. The standard InChI is InChI=1S/C40H39F3N4O7S/c41-40(42,43)28-12-8-26(9-13-28)21-32-37(51)46-31(20-24-5-2-1-3-6-24)34(48)22-27(39(53)54)19-25-10-14-29(15-11-25)44-35(49)16-17-36(50)45-33(38(52)47-32)23-30-7-4-18-55-30/h1-15,18,27,31-33H,16-17,19-23H2,(H,44,49)(H,45,50)(H,46,51)(H,47,52)(H,53,54)/t27-,31-,32+,33-/m1/s1. The normalized spacial score (nSPS) is 20.7. The summed E-state index contributed by atoms with van der Waals surface area (Å²) in [7, 11) is 0. The Hall–Kier alpha value is -5.83. The molecule has 0 fully saturated rings. The minimum Gasteiger partial charge on any atom is -0.481 e. The van der Waals surface area contributed by atoms with E-state index >= 15 is 0 Å². The minimum absolute atomic E-state index is 0.0219. The maximum Gasteiger partial charge on any atom is 0.416 e. The largest absolute Gasteiger partial charge is 0.481 e. The summed E-state index contributed by atoms with van der Waals surface area (Å²) in [5.74, 6) is -5.77. The van der Waals surface area contributed by atoms with Gasteiger partial charge in [-0.05, 0) is 65.2 Å². The lowest BCUT2D eigenvalue weighted by Gasteiger charge is -2.26. The lowest BCUT2D eigenvalue weighted by molar-refractivity contribution is -0.144. The maximum absolute atomic E-state index is 14.2. The predicted octanol–water partition coefficient (Wildman–Crippen LogP) is 4.88. The number of hydrogen-bond donors (Lipinski definition) is 5. The third kappa shape index (κ3) is 12.1. The molecule has 288 valence electrons. The fourth-order valence-electron chi connectivity index (χ4n) is 6.11. The van der Waals surface area contributed by atoms with E-state index in [2.05, 4.69) is 21.3 Å². The Kier molecular flexibility index (Phi) is 13.6. The molecule has 0 saturated heterocycles. The van der Waals surface area contributed by atoms with Crippen LogP contribution in [0.3, 0.4) is 0 Å². The first-order valence-corrected chi connectivity index (χ1v) is 18.4. The van der Waals surface area contributed by atoms with E-state index in [-0.39, 0.29) is 44.1 Å². The number of carboxylic acids is 1. The molecule has 5 N–H and O–H groups in total. The molecule has 6 rings (SSSR count). The Balaban J connectivity index is 1.51. The average Bonchev–Trinajstić information content (AvgIpc) is 3.66. The van der Waals surface area contributed by atoms with E-state index in [1.807, 2.05) is 0 Å². The van der Waals surface area contributed by atoms with Crippen molar-refractivity contribution in [3.8, 4) is 0 Å². The van der Waals surface area contributed by atoms with Crippen molar-refractivity contribution in [2.45, 2.75) is 69.2 Å². The van der Waals surface area contributed by atoms with E-state index in [1.54, 1.807) is 72.1 Å². The van der Waals surface area contributed by atoms with Gasteiger partial charge in [0.1, 0.15) is 12.1 Å². The molecule has 0 aliphatic carbocycles. The summed E-state index contributed by atoms with van der Waals surface area (Å²) in [5, 5.41) is 22.6. The monoisotopic (exact) mass is 776 g/mol. The van der Waals surface area contributed by atoms with Crippen molar-refractivity contribution >= 4 is 52.4 Å². The van der Waals surface area contributed by atoms with Crippen LogP contribution in [0.2, 0.25) is 0 Å². The number of amides is 4. The highest BCUT2D eigenvalue weighted by molar-refractivity contribution is 7.09. The Morgan fingerprint density at radius 1 is 0.673 bits per heavy atom. The first-order chi connectivity index (χ1) is 26.2. The second kappa shape index (κ2) is 18.5. The highest BCUT2D eigenvalue weighted by atomic mass is 32.1. The van der Waals surface area contributed by atoms with Gasteiger partial charge in [0.25, 0.3) is 0 Å². The molecular weight excluding hydrogens is 738 g/mol. The molecule has 4 aromatic rings. The second-order valence-corrected chi connectivity index (χ2v) is 14.3. The molecule has 4 amide bonds. The molecular formula is C40H39F3N4O7S. The number of benzene rings is 3. The summed E-state index contributed by atoms with van der Waals surface area (Å²) < 4.78 is 40.0. The molecule has 2 aliphatic heterocycles. The number of aliphatic carboxylic acids is 1. The van der Waals surface area contributed by atoms with Gasteiger partial charge in [0.15, 0.2) is 5.78 Å². The second-order valence-electron chi connectivity index (χ2n) is 13.3. The molecule has 2 aliphatic rings. The van der Waals surface area contributed by atoms with Crippen LogP contribution in [0.25, 0.3) is 0 Å². The van der Waals surface area contributed by atoms with Gasteiger partial charge in [-0.15, -0.1) is 11.3 Å². The van der Waals surface area contributed by atoms with E-state index in [9.17, 15) is 47.0 Å². The van der Waals surface area contributed by atoms with E-state index in [1.165, 1.54) is 23.5 Å². The molecule has 4 atom stereocenters. The van der Waals surface area contributed by atoms with E-state index in [0.717, 1.165) is 17.0 Å². The highest BCUT2D eigenvalue weighted by Gasteiger charge is 2.34. The SMILES string of the molecule is O=C1CCC(=O)N[C@H](Cc2cccs2)C(=O)N[C@@H](Cc2ccc(C(F)(F)F)cc2)C(=O)N[C@H](Cc2ccccc2)C(=O)C[C@H](C(=O)O)Cc2ccc(cc2)N1. The van der Waals surface area contributed by atoms with Crippen LogP contribution in [0.15, 0.2) is 96.4 Å². The average molecular weight is 777 g/mol. The topological polar surface area (TPSA) is 171 Å². The number of Topliss-reactive ketones (excluding diaryl/α,β-unsaturated/α-hetero) is 1. The Labute approximate surface area is 318 Å². The first-order valence-electron chi connectivity index (χ1n) is 17.5. The number of halogens is 3. The van der Waals surface area contributed by atoms with Crippen LogP contribution in [0.5, 0.6) is 0 Å². The fourth-order valence-corrected chi connectivity index (χ4v) is 6.86. The van der Waals surface area contributed by atoms with E-state index in [4.69, 9.17) is 0 Å². The summed E-state index contributed by atoms with van der Waals surface area (Å²) in [6.45, 7) is 0. The van der Waals surface area contributed by atoms with Crippen LogP contribution in [-0.2, 0) is 60.6 Å². The predicted molar refractivity (Wildman–Crippen MR) is 198 cm³/mol. The van der Waals surface area contributed by atoms with Gasteiger partial charge in [-0.1, -0.05) is 60.7 Å². The summed E-state index contributed by atoms with van der Waals surface area (Å²) >= 11 is 1.32. The van der Waals surface area contributed by atoms with E-state index in [0.29, 0.717) is 16.8 Å².